The summed E-state index contributed by atoms with van der Waals surface area (Å²) in [4.78, 5) is 8.77. The van der Waals surface area contributed by atoms with Gasteiger partial charge in [-0.2, -0.15) is 4.36 Å². The Balaban J connectivity index is 1.54. The van der Waals surface area contributed by atoms with E-state index in [0.717, 1.165) is 18.4 Å². The first-order valence-electron chi connectivity index (χ1n) is 11.1. The van der Waals surface area contributed by atoms with E-state index in [4.69, 9.17) is 9.47 Å². The van der Waals surface area contributed by atoms with Crippen LogP contribution in [0.3, 0.4) is 0 Å². The number of fused-ring (bicyclic) bond motifs is 1. The second kappa shape index (κ2) is 9.28. The molecule has 2 aliphatic rings. The van der Waals surface area contributed by atoms with Gasteiger partial charge in [0.05, 0.1) is 45.2 Å². The van der Waals surface area contributed by atoms with Gasteiger partial charge in [-0.25, -0.2) is 18.6 Å². The summed E-state index contributed by atoms with van der Waals surface area (Å²) in [6.07, 6.45) is 3.53. The van der Waals surface area contributed by atoms with Crippen molar-refractivity contribution >= 4 is 43.9 Å². The molecule has 0 spiro atoms. The lowest BCUT2D eigenvalue weighted by Crippen LogP contribution is -2.30. The van der Waals surface area contributed by atoms with Crippen molar-refractivity contribution < 1.29 is 23.2 Å². The van der Waals surface area contributed by atoms with Crippen molar-refractivity contribution in [2.75, 3.05) is 30.0 Å². The molecule has 3 aromatic rings. The van der Waals surface area contributed by atoms with Crippen LogP contribution in [0, 0.1) is 5.82 Å². The zero-order chi connectivity index (χ0) is 23.7. The van der Waals surface area contributed by atoms with Gasteiger partial charge >= 0.3 is 0 Å². The molecular weight excluding hydrogens is 459 g/mol. The van der Waals surface area contributed by atoms with Gasteiger partial charge in [-0.3, -0.25) is 0 Å². The highest BCUT2D eigenvalue weighted by molar-refractivity contribution is 7.93. The highest BCUT2D eigenvalue weighted by atomic mass is 32.2. The minimum absolute atomic E-state index is 0.168. The van der Waals surface area contributed by atoms with Gasteiger partial charge in [-0.05, 0) is 42.7 Å². The van der Waals surface area contributed by atoms with E-state index in [1.54, 1.807) is 18.2 Å². The van der Waals surface area contributed by atoms with Crippen molar-refractivity contribution in [3.8, 4) is 5.75 Å². The SMILES string of the molecule is C=Cc1cc(N=S2(=O)CCCC2)cc2ncnc(Nc3ccc(F)cc3O[C@H]3COC[C@H]3O)c12. The number of aliphatic hydroxyl groups is 1. The number of aliphatic hydroxyl groups excluding tert-OH is 1. The minimum Gasteiger partial charge on any atom is -0.483 e. The summed E-state index contributed by atoms with van der Waals surface area (Å²) in [7, 11) is -2.24. The molecule has 34 heavy (non-hydrogen) atoms. The largest absolute Gasteiger partial charge is 0.483 e. The van der Waals surface area contributed by atoms with Crippen LogP contribution in [0.5, 0.6) is 5.75 Å². The lowest BCUT2D eigenvalue weighted by molar-refractivity contribution is 0.0736. The summed E-state index contributed by atoms with van der Waals surface area (Å²) in [6.45, 7) is 4.29. The van der Waals surface area contributed by atoms with Gasteiger partial charge in [-0.1, -0.05) is 12.7 Å². The predicted octanol–water partition coefficient (Wildman–Crippen LogP) is 4.19. The van der Waals surface area contributed by atoms with Gasteiger partial charge in [-0.15, -0.1) is 0 Å². The zero-order valence-corrected chi connectivity index (χ0v) is 19.3. The highest BCUT2D eigenvalue weighted by Crippen LogP contribution is 2.35. The third-order valence-corrected chi connectivity index (χ3v) is 8.29. The van der Waals surface area contributed by atoms with Crippen molar-refractivity contribution in [1.29, 1.82) is 0 Å². The lowest BCUT2D eigenvalue weighted by Gasteiger charge is -2.19. The second-order valence-electron chi connectivity index (χ2n) is 8.36. The Kier molecular flexibility index (Phi) is 6.20. The number of nitrogens with one attached hydrogen (secondary N) is 1. The molecule has 0 radical (unpaired) electrons. The third kappa shape index (κ3) is 4.61. The molecular formula is C24H25FN4O4S. The lowest BCUT2D eigenvalue weighted by atomic mass is 10.1. The highest BCUT2D eigenvalue weighted by Gasteiger charge is 2.29. The number of halogens is 1. The van der Waals surface area contributed by atoms with Crippen LogP contribution < -0.4 is 10.1 Å². The Labute approximate surface area is 197 Å². The van der Waals surface area contributed by atoms with Crippen LogP contribution in [0.15, 0.2) is 47.6 Å². The van der Waals surface area contributed by atoms with Crippen molar-refractivity contribution in [2.45, 2.75) is 25.0 Å². The maximum absolute atomic E-state index is 14.0. The number of ether oxygens (including phenoxy) is 2. The molecule has 2 N–H and O–H groups in total. The topological polar surface area (TPSA) is 106 Å². The smallest absolute Gasteiger partial charge is 0.150 e. The average molecular weight is 485 g/mol. The summed E-state index contributed by atoms with van der Waals surface area (Å²) in [6, 6.07) is 7.71. The maximum atomic E-state index is 14.0. The van der Waals surface area contributed by atoms with E-state index in [-0.39, 0.29) is 19.0 Å². The van der Waals surface area contributed by atoms with Crippen LogP contribution in [0.1, 0.15) is 18.4 Å². The second-order valence-corrected chi connectivity index (χ2v) is 10.9. The van der Waals surface area contributed by atoms with Crippen molar-refractivity contribution in [3.05, 3.63) is 54.6 Å². The van der Waals surface area contributed by atoms with Crippen LogP contribution in [-0.4, -0.2) is 56.2 Å². The van der Waals surface area contributed by atoms with E-state index in [1.807, 2.05) is 6.07 Å². The summed E-state index contributed by atoms with van der Waals surface area (Å²) in [5.41, 5.74) is 2.40. The van der Waals surface area contributed by atoms with Crippen LogP contribution in [0.2, 0.25) is 0 Å². The number of nitrogens with zero attached hydrogens (tertiary/aromatic N) is 3. The van der Waals surface area contributed by atoms with E-state index < -0.39 is 27.8 Å². The van der Waals surface area contributed by atoms with Crippen LogP contribution >= 0.6 is 0 Å². The molecule has 2 aromatic carbocycles. The summed E-state index contributed by atoms with van der Waals surface area (Å²) in [5.74, 6) is 1.45. The molecule has 10 heteroatoms. The predicted molar refractivity (Wildman–Crippen MR) is 130 cm³/mol. The molecule has 3 heterocycles. The number of benzene rings is 2. The van der Waals surface area contributed by atoms with E-state index in [9.17, 15) is 13.7 Å². The van der Waals surface area contributed by atoms with Gasteiger partial charge < -0.3 is 19.9 Å². The van der Waals surface area contributed by atoms with Crippen LogP contribution in [-0.2, 0) is 14.5 Å². The molecule has 178 valence electrons. The molecule has 0 unspecified atom stereocenters. The maximum Gasteiger partial charge on any atom is 0.150 e. The molecule has 5 rings (SSSR count). The normalized spacial score (nSPS) is 21.5. The van der Waals surface area contributed by atoms with Crippen molar-refractivity contribution in [2.24, 2.45) is 4.36 Å². The molecule has 2 aliphatic heterocycles. The molecule has 2 atom stereocenters. The molecule has 0 bridgehead atoms. The van der Waals surface area contributed by atoms with Gasteiger partial charge in [0, 0.05) is 17.6 Å². The Hall–Kier alpha value is -3.08. The quantitative estimate of drug-likeness (QED) is 0.540. The molecule has 2 saturated heterocycles. The monoisotopic (exact) mass is 484 g/mol. The van der Waals surface area contributed by atoms with E-state index in [0.29, 0.717) is 39.6 Å². The number of hydrogen-bond acceptors (Lipinski definition) is 8. The number of hydrogen-bond donors (Lipinski definition) is 2. The van der Waals surface area contributed by atoms with Crippen molar-refractivity contribution in [1.82, 2.24) is 9.97 Å². The number of anilines is 2. The first-order valence-corrected chi connectivity index (χ1v) is 12.9. The van der Waals surface area contributed by atoms with Gasteiger partial charge in [0.15, 0.2) is 6.10 Å². The average Bonchev–Trinajstić information content (AvgIpc) is 3.43. The fraction of sp³-hybridized carbons (Fsp3) is 0.333. The van der Waals surface area contributed by atoms with E-state index in [2.05, 4.69) is 26.2 Å². The first-order chi connectivity index (χ1) is 16.4. The Morgan fingerprint density at radius 2 is 2.06 bits per heavy atom. The summed E-state index contributed by atoms with van der Waals surface area (Å²) < 4.78 is 42.6. The number of rotatable bonds is 6. The van der Waals surface area contributed by atoms with Gasteiger partial charge in [0.1, 0.15) is 29.8 Å². The standard InChI is InChI=1S/C24H25FN4O4S/c1-2-15-9-17(29-34(31)7-3-4-8-34)11-19-23(15)24(27-14-26-19)28-18-6-5-16(25)10-21(18)33-22-13-32-12-20(22)30/h2,5-6,9-11,14,20,22,30H,1,3-4,7-8,12-13H2,(H,26,27,28)/t20-,22+/m1/s1. The van der Waals surface area contributed by atoms with E-state index in [1.165, 1.54) is 18.5 Å². The van der Waals surface area contributed by atoms with Gasteiger partial charge in [0.25, 0.3) is 0 Å². The fourth-order valence-corrected chi connectivity index (χ4v) is 6.37. The zero-order valence-electron chi connectivity index (χ0n) is 18.4. The Morgan fingerprint density at radius 1 is 1.24 bits per heavy atom. The van der Waals surface area contributed by atoms with Gasteiger partial charge in [0.2, 0.25) is 0 Å². The Morgan fingerprint density at radius 3 is 2.79 bits per heavy atom. The molecule has 0 aliphatic carbocycles. The number of aromatic nitrogens is 2. The molecule has 0 saturated carbocycles. The molecule has 0 amide bonds. The Bertz CT molecular complexity index is 1360. The summed E-state index contributed by atoms with van der Waals surface area (Å²) in [5, 5.41) is 13.9. The van der Waals surface area contributed by atoms with Crippen molar-refractivity contribution in [3.63, 3.8) is 0 Å². The summed E-state index contributed by atoms with van der Waals surface area (Å²) >= 11 is 0. The van der Waals surface area contributed by atoms with E-state index >= 15 is 0 Å². The fourth-order valence-electron chi connectivity index (χ4n) is 4.18. The molecule has 2 fully saturated rings. The molecule has 8 nitrogen and oxygen atoms in total. The first kappa shape index (κ1) is 22.7. The minimum atomic E-state index is -2.24. The molecule has 1 aromatic heterocycles. The van der Waals surface area contributed by atoms with Crippen LogP contribution in [0.25, 0.3) is 17.0 Å². The van der Waals surface area contributed by atoms with Crippen LogP contribution in [0.4, 0.5) is 21.6 Å². The third-order valence-electron chi connectivity index (χ3n) is 5.90.